The zero-order chi connectivity index (χ0) is 18.8. The SMILES string of the molecule is CC[C@@H]1C[C@H](NS(=O)(=O)C2CC2)C[C@]1(F)c1nnc2cnc3[nH]ccc3n12. The summed E-state index contributed by atoms with van der Waals surface area (Å²) in [5.74, 6) is -0.108. The van der Waals surface area contributed by atoms with Crippen LogP contribution in [0.5, 0.6) is 0 Å². The highest BCUT2D eigenvalue weighted by Crippen LogP contribution is 2.48. The van der Waals surface area contributed by atoms with E-state index in [1.54, 1.807) is 16.8 Å². The lowest BCUT2D eigenvalue weighted by Crippen LogP contribution is -2.36. The predicted molar refractivity (Wildman–Crippen MR) is 97.3 cm³/mol. The van der Waals surface area contributed by atoms with Gasteiger partial charge in [0.15, 0.2) is 22.8 Å². The topological polar surface area (TPSA) is 105 Å². The van der Waals surface area contributed by atoms with Crippen LogP contribution < -0.4 is 4.72 Å². The number of hydrogen-bond donors (Lipinski definition) is 2. The van der Waals surface area contributed by atoms with Gasteiger partial charge in [-0.25, -0.2) is 22.5 Å². The van der Waals surface area contributed by atoms with Crippen molar-refractivity contribution in [3.05, 3.63) is 24.3 Å². The van der Waals surface area contributed by atoms with E-state index in [9.17, 15) is 8.42 Å². The molecule has 10 heteroatoms. The number of H-pyrrole nitrogens is 1. The summed E-state index contributed by atoms with van der Waals surface area (Å²) in [5.41, 5.74) is 0.0627. The second-order valence-electron chi connectivity index (χ2n) is 7.65. The number of aromatic amines is 1. The highest BCUT2D eigenvalue weighted by atomic mass is 32.2. The lowest BCUT2D eigenvalue weighted by Gasteiger charge is -2.24. The fourth-order valence-corrected chi connectivity index (χ4v) is 5.94. The molecule has 2 saturated carbocycles. The van der Waals surface area contributed by atoms with E-state index in [1.807, 2.05) is 13.0 Å². The normalized spacial score (nSPS) is 29.1. The van der Waals surface area contributed by atoms with Crippen molar-refractivity contribution in [1.82, 2.24) is 29.3 Å². The van der Waals surface area contributed by atoms with Crippen molar-refractivity contribution >= 4 is 26.8 Å². The maximum absolute atomic E-state index is 16.4. The third-order valence-electron chi connectivity index (χ3n) is 5.86. The fraction of sp³-hybridized carbons (Fsp3) is 0.588. The molecular formula is C17H21FN6O2S. The van der Waals surface area contributed by atoms with Gasteiger partial charge in [-0.05, 0) is 31.7 Å². The molecule has 2 aliphatic rings. The lowest BCUT2D eigenvalue weighted by atomic mass is 9.89. The molecule has 144 valence electrons. The van der Waals surface area contributed by atoms with Crippen LogP contribution in [0.3, 0.4) is 0 Å². The van der Waals surface area contributed by atoms with Crippen LogP contribution in [-0.2, 0) is 15.7 Å². The summed E-state index contributed by atoms with van der Waals surface area (Å²) in [6.07, 6.45) is 5.78. The quantitative estimate of drug-likeness (QED) is 0.691. The molecule has 3 atom stereocenters. The van der Waals surface area contributed by atoms with Gasteiger partial charge in [-0.1, -0.05) is 6.92 Å². The van der Waals surface area contributed by atoms with Gasteiger partial charge in [0.25, 0.3) is 0 Å². The monoisotopic (exact) mass is 392 g/mol. The molecule has 8 nitrogen and oxygen atoms in total. The molecular weight excluding hydrogens is 371 g/mol. The fourth-order valence-electron chi connectivity index (χ4n) is 4.34. The minimum Gasteiger partial charge on any atom is -0.345 e. The number of fused-ring (bicyclic) bond motifs is 3. The number of nitrogens with zero attached hydrogens (tertiary/aromatic N) is 4. The smallest absolute Gasteiger partial charge is 0.214 e. The van der Waals surface area contributed by atoms with Gasteiger partial charge in [-0.2, -0.15) is 0 Å². The molecule has 0 radical (unpaired) electrons. The van der Waals surface area contributed by atoms with Crippen LogP contribution in [0.25, 0.3) is 16.8 Å². The van der Waals surface area contributed by atoms with Crippen molar-refractivity contribution < 1.29 is 12.8 Å². The average Bonchev–Trinajstić information content (AvgIpc) is 3.11. The van der Waals surface area contributed by atoms with Gasteiger partial charge in [0, 0.05) is 24.6 Å². The number of rotatable bonds is 5. The van der Waals surface area contributed by atoms with Gasteiger partial charge < -0.3 is 4.98 Å². The van der Waals surface area contributed by atoms with Gasteiger partial charge in [-0.15, -0.1) is 10.2 Å². The van der Waals surface area contributed by atoms with E-state index < -0.39 is 21.7 Å². The van der Waals surface area contributed by atoms with Crippen LogP contribution in [-0.4, -0.2) is 44.3 Å². The largest absolute Gasteiger partial charge is 0.345 e. The molecule has 3 heterocycles. The van der Waals surface area contributed by atoms with Crippen LogP contribution in [0, 0.1) is 5.92 Å². The summed E-state index contributed by atoms with van der Waals surface area (Å²) in [7, 11) is -3.36. The maximum Gasteiger partial charge on any atom is 0.214 e. The third kappa shape index (κ3) is 2.57. The minimum absolute atomic E-state index is 0.0620. The molecule has 2 aliphatic carbocycles. The zero-order valence-corrected chi connectivity index (χ0v) is 15.7. The van der Waals surface area contributed by atoms with Crippen LogP contribution in [0.4, 0.5) is 4.39 Å². The molecule has 0 saturated heterocycles. The highest BCUT2D eigenvalue weighted by Gasteiger charge is 2.53. The molecule has 5 rings (SSSR count). The van der Waals surface area contributed by atoms with Crippen molar-refractivity contribution in [2.45, 2.75) is 56.0 Å². The van der Waals surface area contributed by atoms with E-state index in [2.05, 4.69) is 24.9 Å². The Labute approximate surface area is 155 Å². The number of halogens is 1. The zero-order valence-electron chi connectivity index (χ0n) is 14.9. The van der Waals surface area contributed by atoms with Crippen molar-refractivity contribution in [3.8, 4) is 0 Å². The highest BCUT2D eigenvalue weighted by molar-refractivity contribution is 7.90. The lowest BCUT2D eigenvalue weighted by molar-refractivity contribution is 0.0927. The van der Waals surface area contributed by atoms with Crippen LogP contribution >= 0.6 is 0 Å². The molecule has 0 spiro atoms. The van der Waals surface area contributed by atoms with Crippen molar-refractivity contribution in [1.29, 1.82) is 0 Å². The predicted octanol–water partition coefficient (Wildman–Crippen LogP) is 2.04. The molecule has 3 aromatic heterocycles. The molecule has 2 N–H and O–H groups in total. The first kappa shape index (κ1) is 17.1. The Kier molecular flexibility index (Phi) is 3.61. The summed E-state index contributed by atoms with van der Waals surface area (Å²) in [4.78, 5) is 7.28. The molecule has 0 amide bonds. The second kappa shape index (κ2) is 5.71. The Bertz CT molecular complexity index is 1120. The van der Waals surface area contributed by atoms with Gasteiger partial charge in [0.05, 0.1) is 17.0 Å². The van der Waals surface area contributed by atoms with Crippen molar-refractivity contribution in [2.24, 2.45) is 5.92 Å². The molecule has 0 aromatic carbocycles. The summed E-state index contributed by atoms with van der Waals surface area (Å²) in [6.45, 7) is 1.92. The van der Waals surface area contributed by atoms with Gasteiger partial charge in [-0.3, -0.25) is 4.40 Å². The standard InChI is InChI=1S/C17H21FN6O2S/c1-2-10-7-11(23-27(25,26)12-3-4-12)8-17(10,18)16-22-21-14-9-20-15-13(24(14)16)5-6-19-15/h5-6,9-12,19,23H,2-4,7-8H2,1H3/t10-,11+,17-/m1/s1. The Morgan fingerprint density at radius 1 is 1.41 bits per heavy atom. The summed E-state index contributed by atoms with van der Waals surface area (Å²) < 4.78 is 45.4. The van der Waals surface area contributed by atoms with E-state index >= 15 is 4.39 Å². The molecule has 0 bridgehead atoms. The Balaban J connectivity index is 1.56. The van der Waals surface area contributed by atoms with E-state index in [4.69, 9.17) is 0 Å². The summed E-state index contributed by atoms with van der Waals surface area (Å²) >= 11 is 0. The van der Waals surface area contributed by atoms with E-state index in [0.29, 0.717) is 42.5 Å². The Hall–Kier alpha value is -2.07. The third-order valence-corrected chi connectivity index (χ3v) is 7.87. The average molecular weight is 392 g/mol. The number of alkyl halides is 1. The molecule has 3 aromatic rings. The van der Waals surface area contributed by atoms with Crippen LogP contribution in [0.2, 0.25) is 0 Å². The minimum atomic E-state index is -3.36. The van der Waals surface area contributed by atoms with Gasteiger partial charge in [0.2, 0.25) is 10.0 Å². The molecule has 2 fully saturated rings. The first-order chi connectivity index (χ1) is 12.9. The first-order valence-corrected chi connectivity index (χ1v) is 10.8. The Morgan fingerprint density at radius 2 is 2.22 bits per heavy atom. The Morgan fingerprint density at radius 3 is 2.96 bits per heavy atom. The maximum atomic E-state index is 16.4. The van der Waals surface area contributed by atoms with Crippen LogP contribution in [0.15, 0.2) is 18.5 Å². The molecule has 0 unspecified atom stereocenters. The summed E-state index contributed by atoms with van der Waals surface area (Å²) in [6, 6.07) is 1.39. The molecule has 0 aliphatic heterocycles. The van der Waals surface area contributed by atoms with Gasteiger partial charge in [0.1, 0.15) is 0 Å². The number of aromatic nitrogens is 5. The number of nitrogens with one attached hydrogen (secondary N) is 2. The number of hydrogen-bond acceptors (Lipinski definition) is 5. The first-order valence-electron chi connectivity index (χ1n) is 9.30. The second-order valence-corrected chi connectivity index (χ2v) is 9.65. The van der Waals surface area contributed by atoms with E-state index in [-0.39, 0.29) is 23.4 Å². The number of sulfonamides is 1. The van der Waals surface area contributed by atoms with Crippen LogP contribution in [0.1, 0.15) is 44.9 Å². The van der Waals surface area contributed by atoms with E-state index in [0.717, 1.165) is 0 Å². The summed E-state index contributed by atoms with van der Waals surface area (Å²) in [5, 5.41) is 7.95. The van der Waals surface area contributed by atoms with Crippen molar-refractivity contribution in [2.75, 3.05) is 0 Å². The van der Waals surface area contributed by atoms with Gasteiger partial charge >= 0.3 is 0 Å². The molecule has 27 heavy (non-hydrogen) atoms. The van der Waals surface area contributed by atoms with E-state index in [1.165, 1.54) is 0 Å². The van der Waals surface area contributed by atoms with Crippen molar-refractivity contribution in [3.63, 3.8) is 0 Å².